The Morgan fingerprint density at radius 3 is 2.47 bits per heavy atom. The Hall–Kier alpha value is -2.02. The molecule has 2 aromatic rings. The first-order chi connectivity index (χ1) is 15.7. The van der Waals surface area contributed by atoms with E-state index in [1.54, 1.807) is 7.11 Å². The van der Waals surface area contributed by atoms with Crippen LogP contribution in [0.2, 0.25) is 0 Å². The minimum atomic E-state index is 0.271. The molecule has 0 spiro atoms. The zero-order valence-corrected chi connectivity index (χ0v) is 20.2. The molecule has 172 valence electrons. The Balaban J connectivity index is 1.29. The van der Waals surface area contributed by atoms with Gasteiger partial charge in [-0.15, -0.1) is 11.8 Å². The second kappa shape index (κ2) is 11.2. The molecule has 0 saturated carbocycles. The maximum atomic E-state index is 13.4. The highest BCUT2D eigenvalue weighted by molar-refractivity contribution is 7.99. The first-order valence-electron chi connectivity index (χ1n) is 11.8. The molecule has 0 radical (unpaired) electrons. The number of thioether (sulfide) groups is 1. The lowest BCUT2D eigenvalue weighted by molar-refractivity contribution is -0.119. The van der Waals surface area contributed by atoms with Crippen molar-refractivity contribution in [3.63, 3.8) is 0 Å². The number of ether oxygens (including phenoxy) is 1. The average molecular weight is 454 g/mol. The van der Waals surface area contributed by atoms with Crippen LogP contribution in [0.5, 0.6) is 5.75 Å². The number of carbonyl (C=O) groups is 1. The van der Waals surface area contributed by atoms with Crippen LogP contribution >= 0.6 is 11.8 Å². The highest BCUT2D eigenvalue weighted by Crippen LogP contribution is 2.37. The molecule has 2 heterocycles. The summed E-state index contributed by atoms with van der Waals surface area (Å²) < 4.78 is 5.25. The summed E-state index contributed by atoms with van der Waals surface area (Å²) in [5.41, 5.74) is 2.42. The molecule has 2 aliphatic rings. The minimum Gasteiger partial charge on any atom is -0.497 e. The van der Waals surface area contributed by atoms with Gasteiger partial charge in [-0.1, -0.05) is 31.2 Å². The summed E-state index contributed by atoms with van der Waals surface area (Å²) in [6.45, 7) is 8.14. The summed E-state index contributed by atoms with van der Waals surface area (Å²) in [7, 11) is 1.70. The fourth-order valence-corrected chi connectivity index (χ4v) is 5.77. The number of rotatable bonds is 7. The van der Waals surface area contributed by atoms with E-state index in [1.165, 1.54) is 10.5 Å². The van der Waals surface area contributed by atoms with Crippen molar-refractivity contribution >= 4 is 23.4 Å². The topological polar surface area (TPSA) is 36.0 Å². The largest absolute Gasteiger partial charge is 0.497 e. The molecule has 32 heavy (non-hydrogen) atoms. The van der Waals surface area contributed by atoms with Crippen LogP contribution in [0, 0.1) is 0 Å². The number of amides is 1. The normalized spacial score (nSPS) is 19.9. The quantitative estimate of drug-likeness (QED) is 0.616. The summed E-state index contributed by atoms with van der Waals surface area (Å²) >= 11 is 1.88. The Morgan fingerprint density at radius 1 is 1.03 bits per heavy atom. The van der Waals surface area contributed by atoms with Gasteiger partial charge in [-0.3, -0.25) is 9.69 Å². The number of benzene rings is 2. The number of carbonyl (C=O) groups excluding carboxylic acids is 1. The van der Waals surface area contributed by atoms with E-state index in [9.17, 15) is 4.79 Å². The number of nitrogens with zero attached hydrogens (tertiary/aromatic N) is 3. The third-order valence-electron chi connectivity index (χ3n) is 6.61. The van der Waals surface area contributed by atoms with Gasteiger partial charge in [0.15, 0.2) is 0 Å². The number of anilines is 1. The van der Waals surface area contributed by atoms with Crippen molar-refractivity contribution in [1.29, 1.82) is 0 Å². The van der Waals surface area contributed by atoms with Crippen molar-refractivity contribution in [3.05, 3.63) is 54.1 Å². The van der Waals surface area contributed by atoms with Crippen molar-refractivity contribution in [2.75, 3.05) is 50.5 Å². The van der Waals surface area contributed by atoms with Gasteiger partial charge in [0.05, 0.1) is 12.8 Å². The lowest BCUT2D eigenvalue weighted by Crippen LogP contribution is -2.47. The van der Waals surface area contributed by atoms with E-state index in [0.717, 1.165) is 69.3 Å². The summed E-state index contributed by atoms with van der Waals surface area (Å²) in [4.78, 5) is 21.6. The summed E-state index contributed by atoms with van der Waals surface area (Å²) in [6.07, 6.45) is 2.66. The number of hydrogen-bond acceptors (Lipinski definition) is 5. The molecule has 0 bridgehead atoms. The van der Waals surface area contributed by atoms with Gasteiger partial charge < -0.3 is 14.5 Å². The van der Waals surface area contributed by atoms with Gasteiger partial charge in [-0.2, -0.15) is 0 Å². The molecule has 1 atom stereocenters. The van der Waals surface area contributed by atoms with Gasteiger partial charge in [0.2, 0.25) is 5.91 Å². The Labute approximate surface area is 196 Å². The smallest absolute Gasteiger partial charge is 0.228 e. The highest BCUT2D eigenvalue weighted by Gasteiger charge is 2.29. The standard InChI is InChI=1S/C26H35N3O2S/c1-3-22-13-19-32-25-7-5-4-6-24(25)29(22)26(30)12-14-27-15-17-28(18-16-27)20-21-8-10-23(31-2)11-9-21/h4-11,22H,3,12-20H2,1-2H3. The van der Waals surface area contributed by atoms with Gasteiger partial charge in [0.25, 0.3) is 0 Å². The average Bonchev–Trinajstić information content (AvgIpc) is 3.03. The van der Waals surface area contributed by atoms with Crippen LogP contribution in [0.1, 0.15) is 31.7 Å². The van der Waals surface area contributed by atoms with E-state index in [0.29, 0.717) is 12.5 Å². The molecule has 2 aromatic carbocycles. The zero-order valence-electron chi connectivity index (χ0n) is 19.3. The molecule has 0 aromatic heterocycles. The molecule has 1 amide bonds. The van der Waals surface area contributed by atoms with Crippen molar-refractivity contribution in [1.82, 2.24) is 9.80 Å². The second-order valence-electron chi connectivity index (χ2n) is 8.65. The fourth-order valence-electron chi connectivity index (χ4n) is 4.67. The second-order valence-corrected chi connectivity index (χ2v) is 9.78. The van der Waals surface area contributed by atoms with E-state index in [1.807, 2.05) is 23.9 Å². The number of para-hydroxylation sites is 1. The third-order valence-corrected chi connectivity index (χ3v) is 7.71. The fraction of sp³-hybridized carbons (Fsp3) is 0.500. The zero-order chi connectivity index (χ0) is 22.3. The summed E-state index contributed by atoms with van der Waals surface area (Å²) in [5.74, 6) is 2.25. The molecule has 1 saturated heterocycles. The predicted octanol–water partition coefficient (Wildman–Crippen LogP) is 4.51. The van der Waals surface area contributed by atoms with E-state index >= 15 is 0 Å². The Bertz CT molecular complexity index is 881. The van der Waals surface area contributed by atoms with E-state index in [2.05, 4.69) is 58.0 Å². The molecule has 5 nitrogen and oxygen atoms in total. The van der Waals surface area contributed by atoms with Crippen molar-refractivity contribution < 1.29 is 9.53 Å². The maximum Gasteiger partial charge on any atom is 0.228 e. The van der Waals surface area contributed by atoms with Crippen molar-refractivity contribution in [2.24, 2.45) is 0 Å². The summed E-state index contributed by atoms with van der Waals surface area (Å²) in [5, 5.41) is 0. The highest BCUT2D eigenvalue weighted by atomic mass is 32.2. The van der Waals surface area contributed by atoms with Crippen LogP contribution < -0.4 is 9.64 Å². The van der Waals surface area contributed by atoms with Gasteiger partial charge in [0, 0.05) is 62.4 Å². The van der Waals surface area contributed by atoms with Gasteiger partial charge in [0.1, 0.15) is 5.75 Å². The molecule has 1 unspecified atom stereocenters. The molecule has 1 fully saturated rings. The maximum absolute atomic E-state index is 13.4. The van der Waals surface area contributed by atoms with E-state index in [4.69, 9.17) is 4.74 Å². The molecule has 2 aliphatic heterocycles. The molecular weight excluding hydrogens is 418 g/mol. The molecule has 0 N–H and O–H groups in total. The van der Waals surface area contributed by atoms with Crippen LogP contribution in [-0.2, 0) is 11.3 Å². The minimum absolute atomic E-state index is 0.271. The Morgan fingerprint density at radius 2 is 1.75 bits per heavy atom. The van der Waals surface area contributed by atoms with Crippen LogP contribution in [0.3, 0.4) is 0 Å². The predicted molar refractivity (Wildman–Crippen MR) is 133 cm³/mol. The lowest BCUT2D eigenvalue weighted by Gasteiger charge is -2.35. The number of piperazine rings is 1. The van der Waals surface area contributed by atoms with Crippen LogP contribution in [0.4, 0.5) is 5.69 Å². The van der Waals surface area contributed by atoms with E-state index in [-0.39, 0.29) is 5.91 Å². The van der Waals surface area contributed by atoms with Crippen LogP contribution in [0.25, 0.3) is 0 Å². The third kappa shape index (κ3) is 5.66. The van der Waals surface area contributed by atoms with Crippen LogP contribution in [0.15, 0.2) is 53.4 Å². The number of fused-ring (bicyclic) bond motifs is 1. The van der Waals surface area contributed by atoms with Gasteiger partial charge in [-0.05, 0) is 42.7 Å². The lowest BCUT2D eigenvalue weighted by atomic mass is 10.1. The SMILES string of the molecule is CCC1CCSc2ccccc2N1C(=O)CCN1CCN(Cc2ccc(OC)cc2)CC1. The first-order valence-corrected chi connectivity index (χ1v) is 12.8. The van der Waals surface area contributed by atoms with Gasteiger partial charge >= 0.3 is 0 Å². The molecule has 6 heteroatoms. The molecular formula is C26H35N3O2S. The van der Waals surface area contributed by atoms with Crippen LogP contribution in [-0.4, -0.2) is 67.3 Å². The Kier molecular flexibility index (Phi) is 8.11. The van der Waals surface area contributed by atoms with Crippen molar-refractivity contribution in [3.8, 4) is 5.75 Å². The molecule has 0 aliphatic carbocycles. The monoisotopic (exact) mass is 453 g/mol. The van der Waals surface area contributed by atoms with Crippen molar-refractivity contribution in [2.45, 2.75) is 43.7 Å². The van der Waals surface area contributed by atoms with Gasteiger partial charge in [-0.25, -0.2) is 0 Å². The number of hydrogen-bond donors (Lipinski definition) is 0. The first kappa shape index (κ1) is 23.1. The number of methoxy groups -OCH3 is 1. The summed E-state index contributed by atoms with van der Waals surface area (Å²) in [6, 6.07) is 17.1. The molecule has 4 rings (SSSR count). The van der Waals surface area contributed by atoms with E-state index < -0.39 is 0 Å².